The topological polar surface area (TPSA) is 74.3 Å². The number of aromatic nitrogens is 1. The van der Waals surface area contributed by atoms with Gasteiger partial charge in [-0.3, -0.25) is 9.88 Å². The van der Waals surface area contributed by atoms with E-state index in [9.17, 15) is 8.42 Å². The highest BCUT2D eigenvalue weighted by Crippen LogP contribution is 2.23. The second kappa shape index (κ2) is 9.66. The van der Waals surface area contributed by atoms with Crippen LogP contribution in [0, 0.1) is 6.92 Å². The molecule has 0 radical (unpaired) electrons. The molecule has 1 saturated heterocycles. The fourth-order valence-corrected chi connectivity index (χ4v) is 4.09. The molecule has 1 aliphatic heterocycles. The third-order valence-electron chi connectivity index (χ3n) is 4.15. The molecular weight excluding hydrogens is 383 g/mol. The molecule has 2 aromatic rings. The van der Waals surface area contributed by atoms with Gasteiger partial charge in [0, 0.05) is 50.9 Å². The van der Waals surface area contributed by atoms with Gasteiger partial charge < -0.3 is 5.32 Å². The molecule has 140 valence electrons. The Labute approximate surface area is 161 Å². The summed E-state index contributed by atoms with van der Waals surface area (Å²) in [6.07, 6.45) is 1.68. The summed E-state index contributed by atoms with van der Waals surface area (Å²) in [6, 6.07) is 7.04. The fraction of sp³-hybridized carbons (Fsp3) is 0.438. The maximum Gasteiger partial charge on any atom is 0.241 e. The van der Waals surface area contributed by atoms with E-state index >= 15 is 0 Å². The number of fused-ring (bicyclic) bond motifs is 1. The summed E-state index contributed by atoms with van der Waals surface area (Å²) >= 11 is 0. The van der Waals surface area contributed by atoms with E-state index in [0.717, 1.165) is 43.8 Å². The fourth-order valence-electron chi connectivity index (χ4n) is 2.87. The van der Waals surface area contributed by atoms with Crippen LogP contribution < -0.4 is 10.0 Å². The third kappa shape index (κ3) is 5.26. The van der Waals surface area contributed by atoms with Gasteiger partial charge in [-0.25, -0.2) is 13.1 Å². The number of aryl methyl sites for hydroxylation is 1. The Kier molecular flexibility index (Phi) is 8.53. The number of pyridine rings is 1. The lowest BCUT2D eigenvalue weighted by Crippen LogP contribution is -2.46. The molecule has 3 rings (SSSR count). The summed E-state index contributed by atoms with van der Waals surface area (Å²) in [5.74, 6) is 0. The number of nitrogens with one attached hydrogen (secondary N) is 2. The molecule has 6 nitrogen and oxygen atoms in total. The third-order valence-corrected chi connectivity index (χ3v) is 5.67. The van der Waals surface area contributed by atoms with Gasteiger partial charge in [0.2, 0.25) is 10.0 Å². The molecule has 0 spiro atoms. The van der Waals surface area contributed by atoms with Gasteiger partial charge in [-0.15, -0.1) is 24.8 Å². The van der Waals surface area contributed by atoms with E-state index in [-0.39, 0.29) is 24.8 Å². The molecule has 1 aromatic carbocycles. The quantitative estimate of drug-likeness (QED) is 0.787. The summed E-state index contributed by atoms with van der Waals surface area (Å²) < 4.78 is 28.0. The standard InChI is InChI=1S/C16H22N4O2S.2ClH/c1-13-4-5-15(14-3-2-6-18-16(13)14)23(21,22)19-9-12-20-10-7-17-8-11-20;;/h2-6,17,19H,7-12H2,1H3;2*1H. The molecule has 0 bridgehead atoms. The number of halogens is 2. The van der Waals surface area contributed by atoms with Gasteiger partial charge in [-0.05, 0) is 30.7 Å². The minimum atomic E-state index is -3.54. The molecule has 0 atom stereocenters. The van der Waals surface area contributed by atoms with E-state index in [4.69, 9.17) is 0 Å². The highest BCUT2D eigenvalue weighted by Gasteiger charge is 2.18. The van der Waals surface area contributed by atoms with Crippen molar-refractivity contribution in [3.63, 3.8) is 0 Å². The molecule has 1 aromatic heterocycles. The zero-order chi connectivity index (χ0) is 16.3. The van der Waals surface area contributed by atoms with Gasteiger partial charge in [0.25, 0.3) is 0 Å². The number of hydrogen-bond acceptors (Lipinski definition) is 5. The number of benzene rings is 1. The van der Waals surface area contributed by atoms with Crippen molar-refractivity contribution in [2.75, 3.05) is 39.3 Å². The van der Waals surface area contributed by atoms with Gasteiger partial charge in [0.05, 0.1) is 10.4 Å². The molecule has 25 heavy (non-hydrogen) atoms. The Morgan fingerprint density at radius 1 is 1.20 bits per heavy atom. The van der Waals surface area contributed by atoms with Crippen molar-refractivity contribution in [3.05, 3.63) is 36.0 Å². The van der Waals surface area contributed by atoms with Crippen molar-refractivity contribution in [1.29, 1.82) is 0 Å². The Hall–Kier alpha value is -0.960. The maximum absolute atomic E-state index is 12.6. The summed E-state index contributed by atoms with van der Waals surface area (Å²) in [6.45, 7) is 6.91. The van der Waals surface area contributed by atoms with E-state index < -0.39 is 10.0 Å². The number of sulfonamides is 1. The zero-order valence-electron chi connectivity index (χ0n) is 14.1. The van der Waals surface area contributed by atoms with Crippen molar-refractivity contribution in [2.24, 2.45) is 0 Å². The van der Waals surface area contributed by atoms with Gasteiger partial charge in [0.1, 0.15) is 0 Å². The average molecular weight is 407 g/mol. The SMILES string of the molecule is Cc1ccc(S(=O)(=O)NCCN2CCNCC2)c2cccnc12.Cl.Cl. The zero-order valence-corrected chi connectivity index (χ0v) is 16.5. The summed E-state index contributed by atoms with van der Waals surface area (Å²) in [5.41, 5.74) is 1.71. The molecule has 0 unspecified atom stereocenters. The van der Waals surface area contributed by atoms with Gasteiger partial charge in [-0.1, -0.05) is 6.07 Å². The van der Waals surface area contributed by atoms with Crippen molar-refractivity contribution in [2.45, 2.75) is 11.8 Å². The minimum absolute atomic E-state index is 0. The summed E-state index contributed by atoms with van der Waals surface area (Å²) in [7, 11) is -3.54. The van der Waals surface area contributed by atoms with Crippen LogP contribution in [0.5, 0.6) is 0 Å². The summed E-state index contributed by atoms with van der Waals surface area (Å²) in [5, 5.41) is 3.95. The Morgan fingerprint density at radius 2 is 1.92 bits per heavy atom. The van der Waals surface area contributed by atoms with Crippen LogP contribution in [-0.2, 0) is 10.0 Å². The summed E-state index contributed by atoms with van der Waals surface area (Å²) in [4.78, 5) is 6.86. The van der Waals surface area contributed by atoms with Crippen LogP contribution in [-0.4, -0.2) is 57.6 Å². The highest BCUT2D eigenvalue weighted by molar-refractivity contribution is 7.89. The van der Waals surface area contributed by atoms with Crippen LogP contribution in [0.15, 0.2) is 35.4 Å². The lowest BCUT2D eigenvalue weighted by Gasteiger charge is -2.27. The minimum Gasteiger partial charge on any atom is -0.314 e. The average Bonchev–Trinajstić information content (AvgIpc) is 2.56. The molecule has 0 aliphatic carbocycles. The predicted molar refractivity (Wildman–Crippen MR) is 105 cm³/mol. The molecule has 2 N–H and O–H groups in total. The molecule has 1 fully saturated rings. The largest absolute Gasteiger partial charge is 0.314 e. The highest BCUT2D eigenvalue weighted by atomic mass is 35.5. The van der Waals surface area contributed by atoms with E-state index in [1.165, 1.54) is 0 Å². The molecule has 0 amide bonds. The normalized spacial score (nSPS) is 15.4. The van der Waals surface area contributed by atoms with Crippen molar-refractivity contribution < 1.29 is 8.42 Å². The Balaban J connectivity index is 0.00000156. The predicted octanol–water partition coefficient (Wildman–Crippen LogP) is 1.57. The first kappa shape index (κ1) is 22.1. The van der Waals surface area contributed by atoms with Crippen LogP contribution in [0.3, 0.4) is 0 Å². The second-order valence-corrected chi connectivity index (χ2v) is 7.50. The van der Waals surface area contributed by atoms with Crippen molar-refractivity contribution in [1.82, 2.24) is 19.9 Å². The molecule has 1 aliphatic rings. The number of nitrogens with zero attached hydrogens (tertiary/aromatic N) is 2. The monoisotopic (exact) mass is 406 g/mol. The number of piperazine rings is 1. The first-order valence-corrected chi connectivity index (χ1v) is 9.33. The van der Waals surface area contributed by atoms with E-state index in [1.807, 2.05) is 6.92 Å². The van der Waals surface area contributed by atoms with Crippen LogP contribution in [0.4, 0.5) is 0 Å². The first-order chi connectivity index (χ1) is 11.1. The van der Waals surface area contributed by atoms with E-state index in [0.29, 0.717) is 16.8 Å². The smallest absolute Gasteiger partial charge is 0.241 e. The molecule has 2 heterocycles. The van der Waals surface area contributed by atoms with E-state index in [2.05, 4.69) is 19.9 Å². The maximum atomic E-state index is 12.6. The molecular formula is C16H24Cl2N4O2S. The van der Waals surface area contributed by atoms with Crippen LogP contribution in [0.25, 0.3) is 10.9 Å². The van der Waals surface area contributed by atoms with Crippen molar-refractivity contribution >= 4 is 45.7 Å². The lowest BCUT2D eigenvalue weighted by molar-refractivity contribution is 0.245. The second-order valence-electron chi connectivity index (χ2n) is 5.77. The Morgan fingerprint density at radius 3 is 2.64 bits per heavy atom. The van der Waals surface area contributed by atoms with Crippen LogP contribution in [0.1, 0.15) is 5.56 Å². The van der Waals surface area contributed by atoms with Crippen molar-refractivity contribution in [3.8, 4) is 0 Å². The van der Waals surface area contributed by atoms with Gasteiger partial charge in [0.15, 0.2) is 0 Å². The number of rotatable bonds is 5. The van der Waals surface area contributed by atoms with Gasteiger partial charge >= 0.3 is 0 Å². The van der Waals surface area contributed by atoms with E-state index in [1.54, 1.807) is 30.5 Å². The van der Waals surface area contributed by atoms with Crippen LogP contribution >= 0.6 is 24.8 Å². The van der Waals surface area contributed by atoms with Crippen LogP contribution in [0.2, 0.25) is 0 Å². The van der Waals surface area contributed by atoms with Gasteiger partial charge in [-0.2, -0.15) is 0 Å². The first-order valence-electron chi connectivity index (χ1n) is 7.85. The molecule has 9 heteroatoms. The lowest BCUT2D eigenvalue weighted by atomic mass is 10.1. The number of hydrogen-bond donors (Lipinski definition) is 2. The Bertz CT molecular complexity index is 796. The molecule has 0 saturated carbocycles.